The zero-order valence-corrected chi connectivity index (χ0v) is 15.3. The number of benzene rings is 2. The van der Waals surface area contributed by atoms with E-state index in [9.17, 15) is 14.4 Å². The summed E-state index contributed by atoms with van der Waals surface area (Å²) in [6.07, 6.45) is 0. The molecule has 2 N–H and O–H groups in total. The Balaban J connectivity index is 1.97. The molecule has 0 heterocycles. The van der Waals surface area contributed by atoms with E-state index in [1.54, 1.807) is 19.2 Å². The lowest BCUT2D eigenvalue weighted by Crippen LogP contribution is -2.33. The smallest absolute Gasteiger partial charge is 0.342 e. The number of nitrogens with zero attached hydrogens (tertiary/aromatic N) is 1. The molecule has 0 aliphatic rings. The molecular formula is C20H22N2O5. The Kier molecular flexibility index (Phi) is 6.93. The van der Waals surface area contributed by atoms with E-state index in [0.29, 0.717) is 0 Å². The van der Waals surface area contributed by atoms with E-state index in [-0.39, 0.29) is 29.9 Å². The molecule has 0 aromatic heterocycles. The number of hydrogen-bond acceptors (Lipinski definition) is 5. The highest BCUT2D eigenvalue weighted by molar-refractivity contribution is 5.94. The van der Waals surface area contributed by atoms with Crippen molar-refractivity contribution >= 4 is 17.8 Å². The summed E-state index contributed by atoms with van der Waals surface area (Å²) in [5.74, 6) is -1.55. The monoisotopic (exact) mass is 370 g/mol. The van der Waals surface area contributed by atoms with Gasteiger partial charge in [0.05, 0.1) is 6.04 Å². The molecule has 0 fully saturated rings. The number of ether oxygens (including phenoxy) is 2. The molecule has 27 heavy (non-hydrogen) atoms. The summed E-state index contributed by atoms with van der Waals surface area (Å²) in [6, 6.07) is 15.7. The van der Waals surface area contributed by atoms with Crippen LogP contribution in [0.25, 0.3) is 0 Å². The molecule has 7 nitrogen and oxygen atoms in total. The Morgan fingerprint density at radius 3 is 2.30 bits per heavy atom. The summed E-state index contributed by atoms with van der Waals surface area (Å²) in [5.41, 5.74) is 6.14. The topological polar surface area (TPSA) is 98.9 Å². The lowest BCUT2D eigenvalue weighted by atomic mass is 10.1. The number of amides is 2. The fourth-order valence-electron chi connectivity index (χ4n) is 2.39. The van der Waals surface area contributed by atoms with Crippen LogP contribution in [0.3, 0.4) is 0 Å². The SMILES string of the molecule is CC(c1ccccc1)N(C)C(=O)COC(=O)c1ccccc1OCC(N)=O. The number of nitrogens with two attached hydrogens (primary N) is 1. The second-order valence-corrected chi connectivity index (χ2v) is 5.92. The number of esters is 1. The zero-order chi connectivity index (χ0) is 19.8. The third-order valence-electron chi connectivity index (χ3n) is 4.06. The van der Waals surface area contributed by atoms with E-state index >= 15 is 0 Å². The molecule has 2 aromatic rings. The minimum absolute atomic E-state index is 0.116. The van der Waals surface area contributed by atoms with Gasteiger partial charge in [-0.2, -0.15) is 0 Å². The summed E-state index contributed by atoms with van der Waals surface area (Å²) in [6.45, 7) is 1.12. The van der Waals surface area contributed by atoms with Gasteiger partial charge in [0.15, 0.2) is 13.2 Å². The van der Waals surface area contributed by atoms with Crippen molar-refractivity contribution in [3.63, 3.8) is 0 Å². The molecule has 2 amide bonds. The summed E-state index contributed by atoms with van der Waals surface area (Å²) in [5, 5.41) is 0. The number of likely N-dealkylation sites (N-methyl/N-ethyl adjacent to an activating group) is 1. The number of rotatable bonds is 8. The molecule has 2 rings (SSSR count). The van der Waals surface area contributed by atoms with Crippen molar-refractivity contribution < 1.29 is 23.9 Å². The van der Waals surface area contributed by atoms with Crippen LogP contribution in [0.5, 0.6) is 5.75 Å². The van der Waals surface area contributed by atoms with E-state index < -0.39 is 18.5 Å². The minimum Gasteiger partial charge on any atom is -0.483 e. The number of para-hydroxylation sites is 1. The van der Waals surface area contributed by atoms with Gasteiger partial charge >= 0.3 is 5.97 Å². The lowest BCUT2D eigenvalue weighted by Gasteiger charge is -2.25. The van der Waals surface area contributed by atoms with E-state index in [1.165, 1.54) is 17.0 Å². The van der Waals surface area contributed by atoms with E-state index in [1.807, 2.05) is 37.3 Å². The first kappa shape index (κ1) is 20.0. The van der Waals surface area contributed by atoms with Crippen LogP contribution in [0.1, 0.15) is 28.9 Å². The summed E-state index contributed by atoms with van der Waals surface area (Å²) < 4.78 is 10.3. The maximum atomic E-state index is 12.3. The average Bonchev–Trinajstić information content (AvgIpc) is 2.69. The zero-order valence-electron chi connectivity index (χ0n) is 15.3. The molecule has 0 bridgehead atoms. The number of hydrogen-bond donors (Lipinski definition) is 1. The molecule has 7 heteroatoms. The van der Waals surface area contributed by atoms with Crippen molar-refractivity contribution in [1.29, 1.82) is 0 Å². The van der Waals surface area contributed by atoms with Gasteiger partial charge in [-0.05, 0) is 24.6 Å². The Bertz CT molecular complexity index is 807. The number of carbonyl (C=O) groups excluding carboxylic acids is 3. The number of primary amides is 1. The molecule has 142 valence electrons. The largest absolute Gasteiger partial charge is 0.483 e. The van der Waals surface area contributed by atoms with Crippen molar-refractivity contribution in [3.05, 3.63) is 65.7 Å². The van der Waals surface area contributed by atoms with Gasteiger partial charge in [-0.1, -0.05) is 42.5 Å². The minimum atomic E-state index is -0.718. The molecule has 2 aromatic carbocycles. The van der Waals surface area contributed by atoms with Crippen LogP contribution in [0, 0.1) is 0 Å². The van der Waals surface area contributed by atoms with Crippen LogP contribution in [0.4, 0.5) is 0 Å². The van der Waals surface area contributed by atoms with Gasteiger partial charge in [0.25, 0.3) is 11.8 Å². The average molecular weight is 370 g/mol. The first-order chi connectivity index (χ1) is 12.9. The van der Waals surface area contributed by atoms with Crippen molar-refractivity contribution in [2.75, 3.05) is 20.3 Å². The Labute approximate surface area is 157 Å². The highest BCUT2D eigenvalue weighted by Crippen LogP contribution is 2.20. The maximum Gasteiger partial charge on any atom is 0.342 e. The summed E-state index contributed by atoms with van der Waals surface area (Å²) in [7, 11) is 1.65. The first-order valence-electron chi connectivity index (χ1n) is 8.38. The highest BCUT2D eigenvalue weighted by Gasteiger charge is 2.20. The molecule has 1 atom stereocenters. The molecule has 0 radical (unpaired) electrons. The van der Waals surface area contributed by atoms with Gasteiger partial charge in [-0.3, -0.25) is 9.59 Å². The van der Waals surface area contributed by atoms with Crippen LogP contribution in [0.15, 0.2) is 54.6 Å². The van der Waals surface area contributed by atoms with Gasteiger partial charge < -0.3 is 20.1 Å². The number of carbonyl (C=O) groups is 3. The maximum absolute atomic E-state index is 12.3. The Hall–Kier alpha value is -3.35. The van der Waals surface area contributed by atoms with Crippen molar-refractivity contribution in [1.82, 2.24) is 4.90 Å². The quantitative estimate of drug-likeness (QED) is 0.716. The van der Waals surface area contributed by atoms with Crippen LogP contribution < -0.4 is 10.5 Å². The third-order valence-corrected chi connectivity index (χ3v) is 4.06. The van der Waals surface area contributed by atoms with Gasteiger partial charge in [0.1, 0.15) is 11.3 Å². The third kappa shape index (κ3) is 5.57. The molecule has 0 spiro atoms. The van der Waals surface area contributed by atoms with Crippen molar-refractivity contribution in [2.45, 2.75) is 13.0 Å². The van der Waals surface area contributed by atoms with Crippen LogP contribution in [0.2, 0.25) is 0 Å². The predicted octanol–water partition coefficient (Wildman–Crippen LogP) is 1.93. The standard InChI is InChI=1S/C20H22N2O5/c1-14(15-8-4-3-5-9-15)22(2)19(24)13-27-20(25)16-10-6-7-11-17(16)26-12-18(21)23/h3-11,14H,12-13H2,1-2H3,(H2,21,23). The van der Waals surface area contributed by atoms with E-state index in [2.05, 4.69) is 0 Å². The van der Waals surface area contributed by atoms with E-state index in [4.69, 9.17) is 15.2 Å². The van der Waals surface area contributed by atoms with Gasteiger partial charge in [0, 0.05) is 7.05 Å². The fourth-order valence-corrected chi connectivity index (χ4v) is 2.39. The second kappa shape index (κ2) is 9.38. The fraction of sp³-hybridized carbons (Fsp3) is 0.250. The molecule has 1 unspecified atom stereocenters. The molecule has 0 aliphatic carbocycles. The second-order valence-electron chi connectivity index (χ2n) is 5.92. The molecule has 0 saturated heterocycles. The first-order valence-corrected chi connectivity index (χ1v) is 8.38. The van der Waals surface area contributed by atoms with Crippen molar-refractivity contribution in [3.8, 4) is 5.75 Å². The van der Waals surface area contributed by atoms with E-state index in [0.717, 1.165) is 5.56 Å². The summed E-state index contributed by atoms with van der Waals surface area (Å²) in [4.78, 5) is 37.0. The van der Waals surface area contributed by atoms with Crippen LogP contribution in [-0.2, 0) is 14.3 Å². The van der Waals surface area contributed by atoms with Gasteiger partial charge in [-0.15, -0.1) is 0 Å². The van der Waals surface area contributed by atoms with Crippen LogP contribution >= 0.6 is 0 Å². The molecule has 0 saturated carbocycles. The normalized spacial score (nSPS) is 11.3. The Morgan fingerprint density at radius 2 is 1.63 bits per heavy atom. The van der Waals surface area contributed by atoms with Crippen LogP contribution in [-0.4, -0.2) is 42.9 Å². The Morgan fingerprint density at radius 1 is 1.00 bits per heavy atom. The molecule has 0 aliphatic heterocycles. The predicted molar refractivity (Wildman–Crippen MR) is 99.0 cm³/mol. The summed E-state index contributed by atoms with van der Waals surface area (Å²) >= 11 is 0. The lowest BCUT2D eigenvalue weighted by molar-refractivity contribution is -0.135. The van der Waals surface area contributed by atoms with Crippen molar-refractivity contribution in [2.24, 2.45) is 5.73 Å². The molecular weight excluding hydrogens is 348 g/mol. The van der Waals surface area contributed by atoms with Gasteiger partial charge in [0.2, 0.25) is 0 Å². The highest BCUT2D eigenvalue weighted by atomic mass is 16.5. The van der Waals surface area contributed by atoms with Gasteiger partial charge in [-0.25, -0.2) is 4.79 Å².